The third kappa shape index (κ3) is 7.19. The zero-order valence-corrected chi connectivity index (χ0v) is 24.0. The molecule has 0 unspecified atom stereocenters. The van der Waals surface area contributed by atoms with Gasteiger partial charge in [0.1, 0.15) is 5.82 Å². The lowest BCUT2D eigenvalue weighted by atomic mass is 9.98. The summed E-state index contributed by atoms with van der Waals surface area (Å²) in [6.07, 6.45) is 3.02. The molecule has 40 heavy (non-hydrogen) atoms. The molecule has 0 fully saturated rings. The maximum atomic E-state index is 13.7. The van der Waals surface area contributed by atoms with Gasteiger partial charge < -0.3 is 10.1 Å². The van der Waals surface area contributed by atoms with E-state index >= 15 is 0 Å². The number of aromatic nitrogens is 4. The van der Waals surface area contributed by atoms with E-state index in [4.69, 9.17) is 26.5 Å². The average Bonchev–Trinajstić information content (AvgIpc) is 3.40. The second kappa shape index (κ2) is 14.0. The summed E-state index contributed by atoms with van der Waals surface area (Å²) < 4.78 is 11.8. The summed E-state index contributed by atoms with van der Waals surface area (Å²) in [7, 11) is 0. The molecule has 0 spiro atoms. The number of benzene rings is 2. The third-order valence-electron chi connectivity index (χ3n) is 6.64. The van der Waals surface area contributed by atoms with Crippen LogP contribution in [0.2, 0.25) is 0 Å². The van der Waals surface area contributed by atoms with E-state index in [1.165, 1.54) is 0 Å². The van der Waals surface area contributed by atoms with Crippen LogP contribution in [0.15, 0.2) is 62.6 Å². The molecule has 0 radical (unpaired) electrons. The van der Waals surface area contributed by atoms with Gasteiger partial charge in [-0.2, -0.15) is 0 Å². The minimum Gasteiger partial charge on any atom is -0.380 e. The average molecular weight is 562 g/mol. The number of hydrogen-bond acceptors (Lipinski definition) is 7. The monoisotopic (exact) mass is 561 g/mol. The number of rotatable bonds is 13. The molecular formula is C30H35N5O4S. The van der Waals surface area contributed by atoms with Crippen molar-refractivity contribution in [2.45, 2.75) is 53.0 Å². The van der Waals surface area contributed by atoms with Crippen LogP contribution < -0.4 is 16.6 Å². The largest absolute Gasteiger partial charge is 0.439 e. The fourth-order valence-corrected chi connectivity index (χ4v) is 4.78. The van der Waals surface area contributed by atoms with E-state index in [0.29, 0.717) is 49.1 Å². The van der Waals surface area contributed by atoms with Gasteiger partial charge in [-0.3, -0.25) is 18.9 Å². The molecule has 2 aromatic heterocycles. The minimum absolute atomic E-state index is 0.0584. The van der Waals surface area contributed by atoms with E-state index in [1.807, 2.05) is 62.4 Å². The van der Waals surface area contributed by atoms with Crippen molar-refractivity contribution in [3.63, 3.8) is 0 Å². The second-order valence-corrected chi connectivity index (χ2v) is 9.99. The van der Waals surface area contributed by atoms with E-state index in [-0.39, 0.29) is 5.56 Å². The Hall–Kier alpha value is -3.89. The molecule has 0 aliphatic heterocycles. The highest BCUT2D eigenvalue weighted by Gasteiger charge is 2.17. The summed E-state index contributed by atoms with van der Waals surface area (Å²) in [5, 5.41) is 7.02. The molecule has 0 amide bonds. The summed E-state index contributed by atoms with van der Waals surface area (Å²) in [6, 6.07) is 15.7. The van der Waals surface area contributed by atoms with E-state index < -0.39 is 5.76 Å². The van der Waals surface area contributed by atoms with Crippen molar-refractivity contribution in [3.8, 4) is 22.5 Å². The third-order valence-corrected chi connectivity index (χ3v) is 6.93. The SMILES string of the molecule is CCCCc1nc(C)c(CC(=S)NCCOCC)c(=O)n1Cc1ccc(-c2ccccc2-c2noc(=O)[nH]2)cc1. The molecule has 0 saturated carbocycles. The fraction of sp³-hybridized carbons (Fsp3) is 0.367. The minimum atomic E-state index is -0.599. The van der Waals surface area contributed by atoms with Crippen LogP contribution >= 0.6 is 12.2 Å². The van der Waals surface area contributed by atoms with Gasteiger partial charge in [0, 0.05) is 42.8 Å². The Morgan fingerprint density at radius 1 is 1.10 bits per heavy atom. The Bertz CT molecular complexity index is 1560. The van der Waals surface area contributed by atoms with Gasteiger partial charge in [0.15, 0.2) is 5.82 Å². The summed E-state index contributed by atoms with van der Waals surface area (Å²) in [5.74, 6) is 0.561. The lowest BCUT2D eigenvalue weighted by Crippen LogP contribution is -2.34. The first kappa shape index (κ1) is 29.1. The Kier molecular flexibility index (Phi) is 10.2. The molecule has 0 atom stereocenters. The molecule has 2 N–H and O–H groups in total. The van der Waals surface area contributed by atoms with Gasteiger partial charge in [0.25, 0.3) is 5.56 Å². The first-order chi connectivity index (χ1) is 19.4. The van der Waals surface area contributed by atoms with Crippen molar-refractivity contribution in [1.29, 1.82) is 0 Å². The molecule has 2 aromatic carbocycles. The Morgan fingerprint density at radius 3 is 2.52 bits per heavy atom. The van der Waals surface area contributed by atoms with E-state index in [1.54, 1.807) is 4.57 Å². The molecule has 10 heteroatoms. The number of aryl methyl sites for hydroxylation is 2. The molecule has 210 valence electrons. The second-order valence-electron chi connectivity index (χ2n) is 9.50. The van der Waals surface area contributed by atoms with Crippen molar-refractivity contribution in [2.24, 2.45) is 0 Å². The van der Waals surface area contributed by atoms with Crippen LogP contribution in [0.4, 0.5) is 0 Å². The highest BCUT2D eigenvalue weighted by Crippen LogP contribution is 2.30. The zero-order valence-electron chi connectivity index (χ0n) is 23.2. The molecule has 4 aromatic rings. The van der Waals surface area contributed by atoms with Gasteiger partial charge in [0.05, 0.1) is 18.1 Å². The molecular weight excluding hydrogens is 526 g/mol. The maximum absolute atomic E-state index is 13.7. The topological polar surface area (TPSA) is 115 Å². The molecule has 0 saturated heterocycles. The Morgan fingerprint density at radius 2 is 1.85 bits per heavy atom. The quantitative estimate of drug-likeness (QED) is 0.182. The first-order valence-corrected chi connectivity index (χ1v) is 14.0. The highest BCUT2D eigenvalue weighted by atomic mass is 32.1. The normalized spacial score (nSPS) is 11.1. The van der Waals surface area contributed by atoms with Gasteiger partial charge in [-0.05, 0) is 37.0 Å². The van der Waals surface area contributed by atoms with Gasteiger partial charge in [-0.25, -0.2) is 9.78 Å². The van der Waals surface area contributed by atoms with Gasteiger partial charge in [-0.15, -0.1) is 0 Å². The number of hydrogen-bond donors (Lipinski definition) is 2. The molecule has 0 bridgehead atoms. The van der Waals surface area contributed by atoms with Crippen LogP contribution in [0.1, 0.15) is 49.3 Å². The number of ether oxygens (including phenoxy) is 1. The standard InChI is InChI=1S/C30H35N5O4S/c1-4-6-11-26-32-20(3)25(18-27(40)31-16-17-38-5-2)29(36)35(26)19-21-12-14-22(15-13-21)23-9-7-8-10-24(23)28-33-30(37)39-34-28/h7-10,12-15H,4-6,11,16-19H2,1-3H3,(H,31,40)(H,33,34,37). The number of aromatic amines is 1. The van der Waals surface area contributed by atoms with Crippen LogP contribution in [0.3, 0.4) is 0 Å². The lowest BCUT2D eigenvalue weighted by molar-refractivity contribution is 0.152. The number of unbranched alkanes of at least 4 members (excludes halogenated alkanes) is 1. The lowest BCUT2D eigenvalue weighted by Gasteiger charge is -2.17. The van der Waals surface area contributed by atoms with Crippen LogP contribution in [0.5, 0.6) is 0 Å². The number of H-pyrrole nitrogens is 1. The molecule has 2 heterocycles. The van der Waals surface area contributed by atoms with Crippen LogP contribution in [-0.2, 0) is 24.1 Å². The summed E-state index contributed by atoms with van der Waals surface area (Å²) >= 11 is 5.52. The van der Waals surface area contributed by atoms with Gasteiger partial charge in [-0.1, -0.05) is 79.3 Å². The number of nitrogens with one attached hydrogen (secondary N) is 2. The van der Waals surface area contributed by atoms with Gasteiger partial charge in [0.2, 0.25) is 0 Å². The van der Waals surface area contributed by atoms with E-state index in [9.17, 15) is 9.59 Å². The smallest absolute Gasteiger partial charge is 0.380 e. The number of thiocarbonyl (C=S) groups is 1. The predicted molar refractivity (Wildman–Crippen MR) is 160 cm³/mol. The van der Waals surface area contributed by atoms with Gasteiger partial charge >= 0.3 is 5.76 Å². The van der Waals surface area contributed by atoms with Crippen molar-refractivity contribution in [1.82, 2.24) is 25.0 Å². The van der Waals surface area contributed by atoms with Crippen molar-refractivity contribution >= 4 is 17.2 Å². The number of nitrogens with zero attached hydrogens (tertiary/aromatic N) is 3. The molecule has 9 nitrogen and oxygen atoms in total. The van der Waals surface area contributed by atoms with E-state index in [0.717, 1.165) is 53.0 Å². The summed E-state index contributed by atoms with van der Waals surface area (Å²) in [4.78, 5) is 33.3. The van der Waals surface area contributed by atoms with Crippen LogP contribution in [0.25, 0.3) is 22.5 Å². The van der Waals surface area contributed by atoms with Crippen molar-refractivity contribution < 1.29 is 9.26 Å². The summed E-state index contributed by atoms with van der Waals surface area (Å²) in [5.41, 5.74) is 4.87. The fourth-order valence-electron chi connectivity index (χ4n) is 4.54. The first-order valence-electron chi connectivity index (χ1n) is 13.6. The van der Waals surface area contributed by atoms with Crippen LogP contribution in [0, 0.1) is 6.92 Å². The zero-order chi connectivity index (χ0) is 28.5. The van der Waals surface area contributed by atoms with E-state index in [2.05, 4.69) is 22.4 Å². The molecule has 0 aliphatic rings. The maximum Gasteiger partial charge on any atom is 0.439 e. The molecule has 0 aliphatic carbocycles. The Balaban J connectivity index is 1.60. The summed E-state index contributed by atoms with van der Waals surface area (Å²) in [6.45, 7) is 8.17. The Labute approximate surface area is 238 Å². The van der Waals surface area contributed by atoms with Crippen molar-refractivity contribution in [2.75, 3.05) is 19.8 Å². The predicted octanol–water partition coefficient (Wildman–Crippen LogP) is 4.45. The van der Waals surface area contributed by atoms with Crippen molar-refractivity contribution in [3.05, 3.63) is 92.1 Å². The highest BCUT2D eigenvalue weighted by molar-refractivity contribution is 7.80. The van der Waals surface area contributed by atoms with Crippen LogP contribution in [-0.4, -0.2) is 44.4 Å². The molecule has 4 rings (SSSR count).